The molecule has 0 aliphatic carbocycles. The monoisotopic (exact) mass is 581 g/mol. The first-order valence-corrected chi connectivity index (χ1v) is 13.0. The number of H-pyrrole nitrogens is 1. The maximum atomic E-state index is 15.4. The third kappa shape index (κ3) is 5.14. The highest BCUT2D eigenvalue weighted by atomic mass is 19.1. The third-order valence-corrected chi connectivity index (χ3v) is 6.59. The van der Waals surface area contributed by atoms with Crippen molar-refractivity contribution in [2.75, 3.05) is 11.4 Å². The fourth-order valence-electron chi connectivity index (χ4n) is 4.55. The Bertz CT molecular complexity index is 2090. The minimum atomic E-state index is -0.911. The lowest BCUT2D eigenvalue weighted by Gasteiger charge is -2.21. The summed E-state index contributed by atoms with van der Waals surface area (Å²) in [5, 5.41) is 4.25. The molecule has 0 aliphatic heterocycles. The normalized spacial score (nSPS) is 11.0. The van der Waals surface area contributed by atoms with E-state index >= 15 is 4.39 Å². The largest absolute Gasteiger partial charge is 0.452 e. The molecular formula is C30H21F2N7O4. The molecule has 214 valence electrons. The van der Waals surface area contributed by atoms with Gasteiger partial charge in [0.2, 0.25) is 0 Å². The topological polar surface area (TPSA) is 127 Å². The zero-order chi connectivity index (χ0) is 30.1. The van der Waals surface area contributed by atoms with E-state index in [9.17, 15) is 18.8 Å². The van der Waals surface area contributed by atoms with Gasteiger partial charge in [-0.15, -0.1) is 0 Å². The first kappa shape index (κ1) is 27.2. The van der Waals surface area contributed by atoms with Crippen molar-refractivity contribution in [3.8, 4) is 28.6 Å². The number of rotatable bonds is 7. The van der Waals surface area contributed by atoms with Crippen molar-refractivity contribution < 1.29 is 18.3 Å². The van der Waals surface area contributed by atoms with Crippen molar-refractivity contribution in [1.82, 2.24) is 29.1 Å². The van der Waals surface area contributed by atoms with Crippen molar-refractivity contribution in [1.29, 1.82) is 0 Å². The Hall–Kier alpha value is -5.98. The molecule has 0 saturated carbocycles. The molecule has 0 saturated heterocycles. The highest BCUT2D eigenvalue weighted by Gasteiger charge is 2.23. The minimum absolute atomic E-state index is 0.0726. The SMILES string of the molecule is CCN(C(=O)c1c[nH]c(=O)n(-c2ccc(F)cc2)c1=O)c1ccc(Oc2cc(-c3ncccn3)cn3nccc23)c(F)c1. The van der Waals surface area contributed by atoms with Gasteiger partial charge in [-0.2, -0.15) is 5.10 Å². The minimum Gasteiger partial charge on any atom is -0.452 e. The van der Waals surface area contributed by atoms with Crippen LogP contribution in [0.25, 0.3) is 22.6 Å². The third-order valence-electron chi connectivity index (χ3n) is 6.59. The number of nitrogens with one attached hydrogen (secondary N) is 1. The van der Waals surface area contributed by atoms with Crippen LogP contribution >= 0.6 is 0 Å². The summed E-state index contributed by atoms with van der Waals surface area (Å²) < 4.78 is 37.1. The summed E-state index contributed by atoms with van der Waals surface area (Å²) in [5.41, 5.74) is -0.687. The van der Waals surface area contributed by atoms with Crippen LogP contribution in [0.4, 0.5) is 14.5 Å². The molecule has 13 heteroatoms. The standard InChI is InChI=1S/C30H21F2N7O4/c1-2-37(28(40)22-16-35-30(42)39(29(22)41)20-6-4-19(31)5-7-20)21-8-9-25(23(32)15-21)43-26-14-18(27-33-11-3-12-34-27)17-38-24(26)10-13-36-38/h3-17H,2H2,1H3,(H,35,42). The van der Waals surface area contributed by atoms with Crippen LogP contribution in [0.5, 0.6) is 11.5 Å². The molecule has 0 radical (unpaired) electrons. The fraction of sp³-hybridized carbons (Fsp3) is 0.0667. The lowest BCUT2D eigenvalue weighted by atomic mass is 10.2. The first-order valence-electron chi connectivity index (χ1n) is 13.0. The van der Waals surface area contributed by atoms with E-state index in [4.69, 9.17) is 4.74 Å². The second-order valence-electron chi connectivity index (χ2n) is 9.22. The van der Waals surface area contributed by atoms with Gasteiger partial charge in [-0.25, -0.2) is 32.6 Å². The fourth-order valence-corrected chi connectivity index (χ4v) is 4.55. The van der Waals surface area contributed by atoms with E-state index < -0.39 is 28.8 Å². The summed E-state index contributed by atoms with van der Waals surface area (Å²) in [5.74, 6) is -1.49. The number of carbonyl (C=O) groups is 1. The van der Waals surface area contributed by atoms with Crippen LogP contribution in [0.3, 0.4) is 0 Å². The Morgan fingerprint density at radius 2 is 1.74 bits per heavy atom. The van der Waals surface area contributed by atoms with Crippen molar-refractivity contribution in [2.24, 2.45) is 0 Å². The van der Waals surface area contributed by atoms with Crippen LogP contribution < -0.4 is 20.9 Å². The summed E-state index contributed by atoms with van der Waals surface area (Å²) >= 11 is 0. The summed E-state index contributed by atoms with van der Waals surface area (Å²) in [6, 6.07) is 13.7. The van der Waals surface area contributed by atoms with E-state index in [0.717, 1.165) is 29.0 Å². The van der Waals surface area contributed by atoms with Crippen molar-refractivity contribution in [3.05, 3.63) is 130 Å². The van der Waals surface area contributed by atoms with Crippen LogP contribution in [-0.4, -0.2) is 41.6 Å². The smallest absolute Gasteiger partial charge is 0.333 e. The van der Waals surface area contributed by atoms with Gasteiger partial charge in [0, 0.05) is 48.6 Å². The molecule has 6 aromatic rings. The number of halogens is 2. The number of carbonyl (C=O) groups excluding carboxylic acids is 1. The second kappa shape index (κ2) is 11.1. The zero-order valence-corrected chi connectivity index (χ0v) is 22.4. The van der Waals surface area contributed by atoms with E-state index in [0.29, 0.717) is 22.7 Å². The number of anilines is 1. The Morgan fingerprint density at radius 1 is 0.977 bits per heavy atom. The number of hydrogen-bond donors (Lipinski definition) is 1. The van der Waals surface area contributed by atoms with Gasteiger partial charge in [0.05, 0.1) is 11.9 Å². The summed E-state index contributed by atoms with van der Waals surface area (Å²) in [7, 11) is 0. The molecule has 6 rings (SSSR count). The lowest BCUT2D eigenvalue weighted by molar-refractivity contribution is 0.0986. The Kier molecular flexibility index (Phi) is 7.04. The quantitative estimate of drug-likeness (QED) is 0.297. The summed E-state index contributed by atoms with van der Waals surface area (Å²) in [4.78, 5) is 51.1. The van der Waals surface area contributed by atoms with Crippen LogP contribution in [0.1, 0.15) is 17.3 Å². The Morgan fingerprint density at radius 3 is 2.47 bits per heavy atom. The van der Waals surface area contributed by atoms with Crippen molar-refractivity contribution in [2.45, 2.75) is 6.92 Å². The van der Waals surface area contributed by atoms with Gasteiger partial charge in [0.1, 0.15) is 16.9 Å². The van der Waals surface area contributed by atoms with E-state index in [1.807, 2.05) is 0 Å². The molecule has 0 bridgehead atoms. The molecule has 4 aromatic heterocycles. The lowest BCUT2D eigenvalue weighted by Crippen LogP contribution is -2.41. The van der Waals surface area contributed by atoms with Gasteiger partial charge in [-0.1, -0.05) is 0 Å². The maximum absolute atomic E-state index is 15.4. The Balaban J connectivity index is 1.32. The number of pyridine rings is 1. The maximum Gasteiger partial charge on any atom is 0.333 e. The van der Waals surface area contributed by atoms with Crippen LogP contribution in [0, 0.1) is 11.6 Å². The molecule has 0 aliphatic rings. The van der Waals surface area contributed by atoms with Crippen LogP contribution in [-0.2, 0) is 0 Å². The summed E-state index contributed by atoms with van der Waals surface area (Å²) in [6.45, 7) is 1.72. The van der Waals surface area contributed by atoms with E-state index in [1.165, 1.54) is 29.2 Å². The molecule has 4 heterocycles. The number of ether oxygens (including phenoxy) is 1. The number of fused-ring (bicyclic) bond motifs is 1. The number of aromatic nitrogens is 6. The number of hydrogen-bond acceptors (Lipinski definition) is 7. The van der Waals surface area contributed by atoms with E-state index in [2.05, 4.69) is 20.1 Å². The van der Waals surface area contributed by atoms with Crippen LogP contribution in [0.2, 0.25) is 0 Å². The second-order valence-corrected chi connectivity index (χ2v) is 9.22. The van der Waals surface area contributed by atoms with Crippen LogP contribution in [0.15, 0.2) is 101 Å². The highest BCUT2D eigenvalue weighted by molar-refractivity contribution is 6.05. The van der Waals surface area contributed by atoms with Gasteiger partial charge in [-0.05, 0) is 61.5 Å². The molecule has 0 unspecified atom stereocenters. The number of nitrogens with zero attached hydrogens (tertiary/aromatic N) is 6. The molecule has 0 atom stereocenters. The van der Waals surface area contributed by atoms with Crippen molar-refractivity contribution in [3.63, 3.8) is 0 Å². The average molecular weight is 582 g/mol. The van der Waals surface area contributed by atoms with Crippen molar-refractivity contribution >= 4 is 17.1 Å². The molecule has 0 spiro atoms. The van der Waals surface area contributed by atoms with E-state index in [1.54, 1.807) is 54.4 Å². The number of benzene rings is 2. The van der Waals surface area contributed by atoms with Gasteiger partial charge < -0.3 is 14.6 Å². The number of aromatic amines is 1. The molecule has 1 amide bonds. The molecule has 1 N–H and O–H groups in total. The molecule has 2 aromatic carbocycles. The predicted octanol–water partition coefficient (Wildman–Crippen LogP) is 4.37. The molecular weight excluding hydrogens is 560 g/mol. The van der Waals surface area contributed by atoms with E-state index in [-0.39, 0.29) is 29.2 Å². The van der Waals surface area contributed by atoms with Gasteiger partial charge in [-0.3, -0.25) is 9.59 Å². The molecule has 0 fully saturated rings. The predicted molar refractivity (Wildman–Crippen MR) is 153 cm³/mol. The zero-order valence-electron chi connectivity index (χ0n) is 22.4. The highest BCUT2D eigenvalue weighted by Crippen LogP contribution is 2.33. The summed E-state index contributed by atoms with van der Waals surface area (Å²) in [6.07, 6.45) is 7.50. The molecule has 11 nitrogen and oxygen atoms in total. The average Bonchev–Trinajstić information content (AvgIpc) is 3.49. The molecule has 43 heavy (non-hydrogen) atoms. The number of amides is 1. The Labute approximate surface area is 241 Å². The van der Waals surface area contributed by atoms with Gasteiger partial charge in [0.15, 0.2) is 23.1 Å². The van der Waals surface area contributed by atoms with Gasteiger partial charge >= 0.3 is 5.69 Å². The van der Waals surface area contributed by atoms with Gasteiger partial charge in [0.25, 0.3) is 11.5 Å². The first-order chi connectivity index (χ1) is 20.8.